The third-order valence-electron chi connectivity index (χ3n) is 6.77. The second-order valence-electron chi connectivity index (χ2n) is 9.41. The summed E-state index contributed by atoms with van der Waals surface area (Å²) in [6.07, 6.45) is -3.29. The van der Waals surface area contributed by atoms with E-state index in [-0.39, 0.29) is 33.5 Å². The lowest BCUT2D eigenvalue weighted by molar-refractivity contribution is -0.137. The van der Waals surface area contributed by atoms with Gasteiger partial charge in [0.05, 0.1) is 23.3 Å². The molecule has 1 aliphatic heterocycles. The van der Waals surface area contributed by atoms with E-state index in [1.54, 1.807) is 30.5 Å². The van der Waals surface area contributed by atoms with Gasteiger partial charge in [-0.3, -0.25) is 14.7 Å². The Morgan fingerprint density at radius 1 is 0.927 bits per heavy atom. The van der Waals surface area contributed by atoms with Crippen LogP contribution >= 0.6 is 11.6 Å². The molecule has 206 valence electrons. The first-order valence-corrected chi connectivity index (χ1v) is 12.4. The third-order valence-corrected chi connectivity index (χ3v) is 7.11. The van der Waals surface area contributed by atoms with Crippen molar-refractivity contribution in [3.63, 3.8) is 0 Å². The molecule has 3 N–H and O–H groups in total. The van der Waals surface area contributed by atoms with Crippen molar-refractivity contribution >= 4 is 40.0 Å². The van der Waals surface area contributed by atoms with Crippen LogP contribution in [0.3, 0.4) is 0 Å². The van der Waals surface area contributed by atoms with Gasteiger partial charge in [0.2, 0.25) is 0 Å². The fourth-order valence-corrected chi connectivity index (χ4v) is 5.10. The van der Waals surface area contributed by atoms with Crippen LogP contribution in [0.25, 0.3) is 22.0 Å². The Kier molecular flexibility index (Phi) is 6.26. The van der Waals surface area contributed by atoms with Crippen molar-refractivity contribution in [1.82, 2.24) is 15.5 Å². The maximum absolute atomic E-state index is 14.2. The Morgan fingerprint density at radius 2 is 1.73 bits per heavy atom. The SMILES string of the molecule is O=C(Nc1cc(-c2ccc3[nH]ncc3c2)cc2c1C(c1cc(F)ccc1Cl)NC2=O)c1cc(F)cc(C(F)(F)F)c1. The molecule has 12 heteroatoms. The summed E-state index contributed by atoms with van der Waals surface area (Å²) in [7, 11) is 0. The van der Waals surface area contributed by atoms with Gasteiger partial charge in [-0.05, 0) is 71.8 Å². The molecule has 1 aliphatic rings. The molecule has 0 saturated carbocycles. The van der Waals surface area contributed by atoms with Crippen LogP contribution in [0.1, 0.15) is 43.4 Å². The van der Waals surface area contributed by atoms with E-state index in [4.69, 9.17) is 11.6 Å². The first-order valence-electron chi connectivity index (χ1n) is 12.0. The molecule has 6 rings (SSSR count). The number of hydrogen-bond acceptors (Lipinski definition) is 3. The molecule has 0 radical (unpaired) electrons. The zero-order chi connectivity index (χ0) is 29.1. The molecule has 1 unspecified atom stereocenters. The van der Waals surface area contributed by atoms with Gasteiger partial charge in [-0.1, -0.05) is 17.7 Å². The second kappa shape index (κ2) is 9.70. The van der Waals surface area contributed by atoms with Gasteiger partial charge < -0.3 is 10.6 Å². The highest BCUT2D eigenvalue weighted by molar-refractivity contribution is 6.31. The van der Waals surface area contributed by atoms with E-state index in [2.05, 4.69) is 20.8 Å². The highest BCUT2D eigenvalue weighted by atomic mass is 35.5. The molecule has 2 amide bonds. The van der Waals surface area contributed by atoms with Crippen LogP contribution < -0.4 is 10.6 Å². The molecule has 0 spiro atoms. The van der Waals surface area contributed by atoms with Crippen molar-refractivity contribution in [3.8, 4) is 11.1 Å². The van der Waals surface area contributed by atoms with E-state index < -0.39 is 46.8 Å². The number of hydrogen-bond donors (Lipinski definition) is 3. The van der Waals surface area contributed by atoms with E-state index in [1.165, 1.54) is 12.1 Å². The zero-order valence-electron chi connectivity index (χ0n) is 20.5. The number of alkyl halides is 3. The van der Waals surface area contributed by atoms with Crippen LogP contribution in [0.5, 0.6) is 0 Å². The van der Waals surface area contributed by atoms with Gasteiger partial charge in [-0.25, -0.2) is 8.78 Å². The van der Waals surface area contributed by atoms with Gasteiger partial charge in [-0.15, -0.1) is 0 Å². The number of aromatic nitrogens is 2. The smallest absolute Gasteiger partial charge is 0.341 e. The van der Waals surface area contributed by atoms with Crippen LogP contribution in [0.4, 0.5) is 27.6 Å². The normalized spacial score (nSPS) is 14.7. The molecule has 0 fully saturated rings. The van der Waals surface area contributed by atoms with Crippen LogP contribution in [0.2, 0.25) is 5.02 Å². The van der Waals surface area contributed by atoms with Gasteiger partial charge in [-0.2, -0.15) is 18.3 Å². The van der Waals surface area contributed by atoms with Gasteiger partial charge in [0.15, 0.2) is 0 Å². The molecular formula is C29H16ClF5N4O2. The highest BCUT2D eigenvalue weighted by Crippen LogP contribution is 2.42. The first kappa shape index (κ1) is 26.5. The average Bonchev–Trinajstić information content (AvgIpc) is 3.53. The third kappa shape index (κ3) is 4.89. The van der Waals surface area contributed by atoms with Gasteiger partial charge >= 0.3 is 6.18 Å². The number of halogens is 6. The quantitative estimate of drug-likeness (QED) is 0.195. The van der Waals surface area contributed by atoms with Crippen LogP contribution in [0, 0.1) is 11.6 Å². The lowest BCUT2D eigenvalue weighted by Crippen LogP contribution is -2.21. The summed E-state index contributed by atoms with van der Waals surface area (Å²) in [6.45, 7) is 0. The Bertz CT molecular complexity index is 1890. The fraction of sp³-hybridized carbons (Fsp3) is 0.0690. The molecule has 41 heavy (non-hydrogen) atoms. The van der Waals surface area contributed by atoms with Crippen molar-refractivity contribution in [2.75, 3.05) is 5.32 Å². The van der Waals surface area contributed by atoms with Crippen LogP contribution in [-0.2, 0) is 6.18 Å². The number of fused-ring (bicyclic) bond motifs is 2. The number of aromatic amines is 1. The average molecular weight is 583 g/mol. The number of anilines is 1. The lowest BCUT2D eigenvalue weighted by atomic mass is 9.92. The predicted molar refractivity (Wildman–Crippen MR) is 142 cm³/mol. The van der Waals surface area contributed by atoms with E-state index in [0.717, 1.165) is 23.0 Å². The Morgan fingerprint density at radius 3 is 2.51 bits per heavy atom. The summed E-state index contributed by atoms with van der Waals surface area (Å²) in [5.74, 6) is -3.47. The summed E-state index contributed by atoms with van der Waals surface area (Å²) >= 11 is 6.33. The number of carbonyl (C=O) groups is 2. The van der Waals surface area contributed by atoms with Crippen LogP contribution in [0.15, 0.2) is 72.9 Å². The minimum absolute atomic E-state index is 0.0382. The van der Waals surface area contributed by atoms with Crippen molar-refractivity contribution in [2.45, 2.75) is 12.2 Å². The number of H-pyrrole nitrogens is 1. The van der Waals surface area contributed by atoms with Crippen molar-refractivity contribution in [1.29, 1.82) is 0 Å². The number of nitrogens with zero attached hydrogens (tertiary/aromatic N) is 1. The molecule has 5 aromatic rings. The highest BCUT2D eigenvalue weighted by Gasteiger charge is 2.36. The second-order valence-corrected chi connectivity index (χ2v) is 9.82. The molecule has 1 atom stereocenters. The molecule has 2 heterocycles. The number of benzene rings is 4. The van der Waals surface area contributed by atoms with Gasteiger partial charge in [0.25, 0.3) is 11.8 Å². The molecular weight excluding hydrogens is 567 g/mol. The monoisotopic (exact) mass is 582 g/mol. The Labute approximate surface area is 233 Å². The van der Waals surface area contributed by atoms with E-state index in [0.29, 0.717) is 23.3 Å². The maximum Gasteiger partial charge on any atom is 0.416 e. The molecule has 0 saturated heterocycles. The zero-order valence-corrected chi connectivity index (χ0v) is 21.3. The molecule has 6 nitrogen and oxygen atoms in total. The largest absolute Gasteiger partial charge is 0.416 e. The molecule has 0 bridgehead atoms. The lowest BCUT2D eigenvalue weighted by Gasteiger charge is -2.19. The van der Waals surface area contributed by atoms with E-state index >= 15 is 0 Å². The first-order chi connectivity index (χ1) is 19.5. The maximum atomic E-state index is 14.2. The van der Waals surface area contributed by atoms with E-state index in [9.17, 15) is 31.5 Å². The van der Waals surface area contributed by atoms with Gasteiger partial charge in [0.1, 0.15) is 11.6 Å². The standard InChI is InChI=1S/C29H16ClF5N4O2/c30-22-3-2-18(31)11-20(22)26-25-21(28(41)38-26)8-14(13-1-4-23-16(5-13)12-36-39-23)9-24(25)37-27(40)15-6-17(29(33,34)35)10-19(32)7-15/h1-12,26H,(H,36,39)(H,37,40)(H,38,41). The molecule has 0 aliphatic carbocycles. The van der Waals surface area contributed by atoms with Crippen molar-refractivity contribution < 1.29 is 31.5 Å². The summed E-state index contributed by atoms with van der Waals surface area (Å²) in [6, 6.07) is 12.5. The Balaban J connectivity index is 1.51. The number of amides is 2. The number of nitrogens with one attached hydrogen (secondary N) is 3. The van der Waals surface area contributed by atoms with Gasteiger partial charge in [0, 0.05) is 38.4 Å². The number of carbonyl (C=O) groups excluding carboxylic acids is 2. The number of rotatable bonds is 4. The summed E-state index contributed by atoms with van der Waals surface area (Å²) < 4.78 is 68.2. The Hall–Kier alpha value is -4.77. The fourth-order valence-electron chi connectivity index (χ4n) is 4.87. The van der Waals surface area contributed by atoms with Crippen molar-refractivity contribution in [3.05, 3.63) is 117 Å². The summed E-state index contributed by atoms with van der Waals surface area (Å²) in [5.41, 5.74) is 0.546. The van der Waals surface area contributed by atoms with Crippen molar-refractivity contribution in [2.24, 2.45) is 0 Å². The van der Waals surface area contributed by atoms with Crippen LogP contribution in [-0.4, -0.2) is 22.0 Å². The topological polar surface area (TPSA) is 86.9 Å². The van der Waals surface area contributed by atoms with E-state index in [1.807, 2.05) is 0 Å². The predicted octanol–water partition coefficient (Wildman–Crippen LogP) is 7.27. The summed E-state index contributed by atoms with van der Waals surface area (Å²) in [4.78, 5) is 26.4. The minimum Gasteiger partial charge on any atom is -0.341 e. The summed E-state index contributed by atoms with van der Waals surface area (Å²) in [5, 5.41) is 13.0. The molecule has 4 aromatic carbocycles. The molecule has 1 aromatic heterocycles. The minimum atomic E-state index is -4.89.